The van der Waals surface area contributed by atoms with E-state index in [0.29, 0.717) is 30.6 Å². The van der Waals surface area contributed by atoms with Crippen LogP contribution in [0.1, 0.15) is 28.9 Å². The Labute approximate surface area is 115 Å². The first kappa shape index (κ1) is 13.4. The second-order valence-corrected chi connectivity index (χ2v) is 4.75. The van der Waals surface area contributed by atoms with E-state index in [4.69, 9.17) is 18.0 Å². The molecule has 0 spiro atoms. The number of pyridine rings is 1. The highest BCUT2D eigenvalue weighted by Gasteiger charge is 2.20. The Morgan fingerprint density at radius 1 is 1.53 bits per heavy atom. The third-order valence-corrected chi connectivity index (χ3v) is 3.12. The Morgan fingerprint density at radius 3 is 2.84 bits per heavy atom. The Bertz CT molecular complexity index is 505. The van der Waals surface area contributed by atoms with E-state index in [1.165, 1.54) is 6.20 Å². The second-order valence-electron chi connectivity index (χ2n) is 4.31. The fraction of sp³-hybridized carbons (Fsp3) is 0.333. The summed E-state index contributed by atoms with van der Waals surface area (Å²) in [5.41, 5.74) is 6.38. The number of hydrogen-bond acceptors (Lipinski definition) is 4. The summed E-state index contributed by atoms with van der Waals surface area (Å²) in [5.74, 6) is -0.250. The van der Waals surface area contributed by atoms with Crippen molar-refractivity contribution in [2.24, 2.45) is 5.73 Å². The Kier molecular flexibility index (Phi) is 4.06. The van der Waals surface area contributed by atoms with Crippen molar-refractivity contribution < 1.29 is 9.59 Å². The number of amides is 2. The number of nitrogens with two attached hydrogens (primary N) is 1. The fourth-order valence-corrected chi connectivity index (χ4v) is 1.91. The molecule has 4 N–H and O–H groups in total. The largest absolute Gasteiger partial charge is 0.389 e. The molecule has 1 saturated heterocycles. The maximum atomic E-state index is 11.9. The first-order chi connectivity index (χ1) is 9.06. The van der Waals surface area contributed by atoms with Crippen LogP contribution in [0.25, 0.3) is 0 Å². The minimum absolute atomic E-state index is 0.0180. The molecule has 1 aromatic rings. The summed E-state index contributed by atoms with van der Waals surface area (Å²) in [4.78, 5) is 27.2. The van der Waals surface area contributed by atoms with E-state index in [0.717, 1.165) is 0 Å². The lowest BCUT2D eigenvalue weighted by Crippen LogP contribution is -2.47. The van der Waals surface area contributed by atoms with Crippen molar-refractivity contribution in [3.63, 3.8) is 0 Å². The van der Waals surface area contributed by atoms with Gasteiger partial charge in [-0.1, -0.05) is 12.2 Å². The number of rotatable bonds is 3. The summed E-state index contributed by atoms with van der Waals surface area (Å²) in [7, 11) is 0. The summed E-state index contributed by atoms with van der Waals surface area (Å²) >= 11 is 4.81. The monoisotopic (exact) mass is 278 g/mol. The Morgan fingerprint density at radius 2 is 2.32 bits per heavy atom. The molecule has 0 aromatic carbocycles. The standard InChI is InChI=1S/C12H14N4O2S/c13-11(19)7-1-3-9(14-5-7)12(18)16-8-2-4-10(17)15-6-8/h1,3,5,8H,2,4,6H2,(H2,13,19)(H,15,17)(H,16,18). The molecule has 0 saturated carbocycles. The fourth-order valence-electron chi connectivity index (χ4n) is 1.79. The lowest BCUT2D eigenvalue weighted by atomic mass is 10.1. The van der Waals surface area contributed by atoms with Gasteiger partial charge >= 0.3 is 0 Å². The number of thiocarbonyl (C=S) groups is 1. The van der Waals surface area contributed by atoms with Crippen LogP contribution in [0.2, 0.25) is 0 Å². The number of carbonyl (C=O) groups excluding carboxylic acids is 2. The van der Waals surface area contributed by atoms with E-state index >= 15 is 0 Å². The molecule has 19 heavy (non-hydrogen) atoms. The zero-order chi connectivity index (χ0) is 13.8. The number of piperidine rings is 1. The van der Waals surface area contributed by atoms with Gasteiger partial charge in [-0.2, -0.15) is 0 Å². The normalized spacial score (nSPS) is 18.5. The molecule has 100 valence electrons. The molecule has 2 heterocycles. The predicted molar refractivity (Wildman–Crippen MR) is 73.6 cm³/mol. The molecule has 0 radical (unpaired) electrons. The quantitative estimate of drug-likeness (QED) is 0.661. The van der Waals surface area contributed by atoms with Crippen LogP contribution in [0, 0.1) is 0 Å². The molecule has 0 aliphatic carbocycles. The van der Waals surface area contributed by atoms with E-state index in [1.54, 1.807) is 12.1 Å². The molecular weight excluding hydrogens is 264 g/mol. The van der Waals surface area contributed by atoms with Gasteiger partial charge in [0.25, 0.3) is 5.91 Å². The second kappa shape index (κ2) is 5.75. The average Bonchev–Trinajstić information content (AvgIpc) is 2.41. The minimum Gasteiger partial charge on any atom is -0.389 e. The maximum Gasteiger partial charge on any atom is 0.270 e. The maximum absolute atomic E-state index is 11.9. The number of hydrogen-bond donors (Lipinski definition) is 3. The third-order valence-electron chi connectivity index (χ3n) is 2.88. The Balaban J connectivity index is 1.96. The van der Waals surface area contributed by atoms with Crippen molar-refractivity contribution >= 4 is 29.0 Å². The van der Waals surface area contributed by atoms with Crippen LogP contribution in [0.5, 0.6) is 0 Å². The molecule has 6 nitrogen and oxygen atoms in total. The van der Waals surface area contributed by atoms with E-state index in [1.807, 2.05) is 0 Å². The van der Waals surface area contributed by atoms with Gasteiger partial charge in [-0.3, -0.25) is 14.6 Å². The van der Waals surface area contributed by atoms with Crippen molar-refractivity contribution in [2.75, 3.05) is 6.54 Å². The van der Waals surface area contributed by atoms with Gasteiger partial charge in [0, 0.05) is 30.8 Å². The van der Waals surface area contributed by atoms with Crippen LogP contribution in [0.4, 0.5) is 0 Å². The smallest absolute Gasteiger partial charge is 0.270 e. The highest BCUT2D eigenvalue weighted by molar-refractivity contribution is 7.80. The number of carbonyl (C=O) groups is 2. The summed E-state index contributed by atoms with van der Waals surface area (Å²) in [6, 6.07) is 3.18. The number of aromatic nitrogens is 1. The third kappa shape index (κ3) is 3.47. The van der Waals surface area contributed by atoms with Gasteiger partial charge in [-0.15, -0.1) is 0 Å². The van der Waals surface area contributed by atoms with E-state index in [9.17, 15) is 9.59 Å². The van der Waals surface area contributed by atoms with E-state index in [-0.39, 0.29) is 22.8 Å². The molecule has 2 amide bonds. The van der Waals surface area contributed by atoms with Gasteiger partial charge in [0.1, 0.15) is 10.7 Å². The molecular formula is C12H14N4O2S. The van der Waals surface area contributed by atoms with Crippen molar-refractivity contribution in [3.05, 3.63) is 29.6 Å². The molecule has 0 bridgehead atoms. The molecule has 1 aliphatic rings. The number of nitrogens with one attached hydrogen (secondary N) is 2. The lowest BCUT2D eigenvalue weighted by molar-refractivity contribution is -0.122. The minimum atomic E-state index is -0.268. The average molecular weight is 278 g/mol. The molecule has 1 unspecified atom stereocenters. The van der Waals surface area contributed by atoms with Crippen molar-refractivity contribution in [1.82, 2.24) is 15.6 Å². The molecule has 7 heteroatoms. The number of nitrogens with zero attached hydrogens (tertiary/aromatic N) is 1. The van der Waals surface area contributed by atoms with Crippen molar-refractivity contribution in [3.8, 4) is 0 Å². The van der Waals surface area contributed by atoms with Crippen LogP contribution < -0.4 is 16.4 Å². The molecule has 1 atom stereocenters. The topological polar surface area (TPSA) is 97.1 Å². The molecule has 2 rings (SSSR count). The van der Waals surface area contributed by atoms with E-state index < -0.39 is 0 Å². The molecule has 1 fully saturated rings. The summed E-state index contributed by atoms with van der Waals surface area (Å²) < 4.78 is 0. The van der Waals surface area contributed by atoms with Gasteiger partial charge in [0.05, 0.1) is 0 Å². The van der Waals surface area contributed by atoms with Gasteiger partial charge in [-0.05, 0) is 18.6 Å². The molecule has 1 aromatic heterocycles. The summed E-state index contributed by atoms with van der Waals surface area (Å²) in [6.45, 7) is 0.454. The summed E-state index contributed by atoms with van der Waals surface area (Å²) in [6.07, 6.45) is 2.54. The predicted octanol–water partition coefficient (Wildman–Crippen LogP) is -0.276. The first-order valence-electron chi connectivity index (χ1n) is 5.89. The van der Waals surface area contributed by atoms with Gasteiger partial charge in [-0.25, -0.2) is 0 Å². The van der Waals surface area contributed by atoms with E-state index in [2.05, 4.69) is 15.6 Å². The molecule has 1 aliphatic heterocycles. The van der Waals surface area contributed by atoms with Crippen LogP contribution >= 0.6 is 12.2 Å². The van der Waals surface area contributed by atoms with Crippen LogP contribution in [-0.2, 0) is 4.79 Å². The highest BCUT2D eigenvalue weighted by atomic mass is 32.1. The van der Waals surface area contributed by atoms with Crippen molar-refractivity contribution in [2.45, 2.75) is 18.9 Å². The van der Waals surface area contributed by atoms with Crippen LogP contribution in [-0.4, -0.2) is 34.4 Å². The summed E-state index contributed by atoms with van der Waals surface area (Å²) in [5, 5.41) is 5.53. The lowest BCUT2D eigenvalue weighted by Gasteiger charge is -2.23. The Hall–Kier alpha value is -2.02. The SMILES string of the molecule is NC(=S)c1ccc(C(=O)NC2CCC(=O)NC2)nc1. The zero-order valence-electron chi connectivity index (χ0n) is 10.2. The zero-order valence-corrected chi connectivity index (χ0v) is 11.0. The van der Waals surface area contributed by atoms with Crippen molar-refractivity contribution in [1.29, 1.82) is 0 Å². The van der Waals surface area contributed by atoms with Gasteiger partial charge in [0.15, 0.2) is 0 Å². The first-order valence-corrected chi connectivity index (χ1v) is 6.30. The van der Waals surface area contributed by atoms with Crippen LogP contribution in [0.15, 0.2) is 18.3 Å². The van der Waals surface area contributed by atoms with Gasteiger partial charge in [0.2, 0.25) is 5.91 Å². The van der Waals surface area contributed by atoms with Crippen LogP contribution in [0.3, 0.4) is 0 Å². The highest BCUT2D eigenvalue weighted by Crippen LogP contribution is 2.05. The van der Waals surface area contributed by atoms with Gasteiger partial charge < -0.3 is 16.4 Å².